The molecule has 0 aliphatic carbocycles. The van der Waals surface area contributed by atoms with E-state index in [9.17, 15) is 4.79 Å². The van der Waals surface area contributed by atoms with Crippen LogP contribution in [-0.2, 0) is 4.79 Å². The van der Waals surface area contributed by atoms with Crippen LogP contribution in [0, 0.1) is 0 Å². The quantitative estimate of drug-likeness (QED) is 0.828. The minimum atomic E-state index is 0.112. The van der Waals surface area contributed by atoms with E-state index in [2.05, 4.69) is 33.5 Å². The SMILES string of the molecule is O=C1CC(S)CN1c1nc(-c2sccc2Br)cs1. The Bertz CT molecular complexity index is 595. The first-order valence-corrected chi connectivity index (χ1v) is 8.39. The number of amides is 1. The molecule has 3 heterocycles. The Hall–Kier alpha value is -0.370. The maximum Gasteiger partial charge on any atom is 0.229 e. The second-order valence-electron chi connectivity index (χ2n) is 3.98. The number of carbonyl (C=O) groups is 1. The summed E-state index contributed by atoms with van der Waals surface area (Å²) in [6.45, 7) is 0.653. The summed E-state index contributed by atoms with van der Waals surface area (Å²) in [5.74, 6) is 0.112. The van der Waals surface area contributed by atoms with Crippen molar-refractivity contribution in [2.24, 2.45) is 0 Å². The third-order valence-corrected chi connectivity index (χ3v) is 5.75. The summed E-state index contributed by atoms with van der Waals surface area (Å²) in [6.07, 6.45) is 0.501. The van der Waals surface area contributed by atoms with Gasteiger partial charge in [0.1, 0.15) is 0 Å². The van der Waals surface area contributed by atoms with Crippen LogP contribution < -0.4 is 4.90 Å². The molecule has 1 amide bonds. The minimum absolute atomic E-state index is 0.112. The zero-order valence-electron chi connectivity index (χ0n) is 9.17. The summed E-state index contributed by atoms with van der Waals surface area (Å²) < 4.78 is 1.05. The smallest absolute Gasteiger partial charge is 0.229 e. The molecule has 1 atom stereocenters. The van der Waals surface area contributed by atoms with Crippen LogP contribution in [0.25, 0.3) is 10.6 Å². The van der Waals surface area contributed by atoms with Gasteiger partial charge in [0, 0.05) is 28.1 Å². The summed E-state index contributed by atoms with van der Waals surface area (Å²) in [6, 6.07) is 2.00. The topological polar surface area (TPSA) is 33.2 Å². The molecular weight excluding hydrogens is 352 g/mol. The number of anilines is 1. The molecule has 0 bridgehead atoms. The van der Waals surface area contributed by atoms with E-state index < -0.39 is 0 Å². The van der Waals surface area contributed by atoms with Crippen LogP contribution in [0.1, 0.15) is 6.42 Å². The van der Waals surface area contributed by atoms with E-state index in [-0.39, 0.29) is 11.2 Å². The van der Waals surface area contributed by atoms with Gasteiger partial charge in [0.05, 0.1) is 10.6 Å². The van der Waals surface area contributed by atoms with Crippen molar-refractivity contribution in [3.8, 4) is 10.6 Å². The number of halogens is 1. The fourth-order valence-electron chi connectivity index (χ4n) is 1.84. The summed E-state index contributed by atoms with van der Waals surface area (Å²) >= 11 is 11.0. The van der Waals surface area contributed by atoms with Crippen molar-refractivity contribution in [2.45, 2.75) is 11.7 Å². The van der Waals surface area contributed by atoms with Crippen molar-refractivity contribution in [3.63, 3.8) is 0 Å². The Kier molecular flexibility index (Phi) is 3.48. The van der Waals surface area contributed by atoms with Crippen molar-refractivity contribution in [1.29, 1.82) is 0 Å². The van der Waals surface area contributed by atoms with Crippen LogP contribution in [0.3, 0.4) is 0 Å². The molecule has 2 aromatic heterocycles. The second kappa shape index (κ2) is 4.96. The maximum atomic E-state index is 11.8. The highest BCUT2D eigenvalue weighted by atomic mass is 79.9. The average molecular weight is 361 g/mol. The fourth-order valence-corrected chi connectivity index (χ4v) is 4.62. The van der Waals surface area contributed by atoms with Gasteiger partial charge in [-0.3, -0.25) is 9.69 Å². The van der Waals surface area contributed by atoms with Crippen LogP contribution in [0.15, 0.2) is 21.3 Å². The molecule has 0 saturated carbocycles. The van der Waals surface area contributed by atoms with E-state index >= 15 is 0 Å². The summed E-state index contributed by atoms with van der Waals surface area (Å²) in [4.78, 5) is 19.2. The molecule has 1 fully saturated rings. The van der Waals surface area contributed by atoms with Crippen LogP contribution in [0.5, 0.6) is 0 Å². The molecule has 0 radical (unpaired) electrons. The molecule has 18 heavy (non-hydrogen) atoms. The molecule has 94 valence electrons. The predicted octanol–water partition coefficient (Wildman–Crippen LogP) is 3.67. The second-order valence-corrected chi connectivity index (χ2v) is 7.31. The molecule has 0 aromatic carbocycles. The first-order valence-electron chi connectivity index (χ1n) is 5.32. The lowest BCUT2D eigenvalue weighted by Crippen LogP contribution is -2.24. The van der Waals surface area contributed by atoms with Gasteiger partial charge in [0.25, 0.3) is 0 Å². The highest BCUT2D eigenvalue weighted by molar-refractivity contribution is 9.10. The number of thiophene rings is 1. The highest BCUT2D eigenvalue weighted by Gasteiger charge is 2.30. The van der Waals surface area contributed by atoms with Gasteiger partial charge in [-0.05, 0) is 27.4 Å². The van der Waals surface area contributed by atoms with Crippen LogP contribution in [0.2, 0.25) is 0 Å². The number of rotatable bonds is 2. The lowest BCUT2D eigenvalue weighted by Gasteiger charge is -2.10. The van der Waals surface area contributed by atoms with Crippen LogP contribution in [0.4, 0.5) is 5.13 Å². The third-order valence-electron chi connectivity index (χ3n) is 2.68. The van der Waals surface area contributed by atoms with Crippen molar-refractivity contribution >= 4 is 62.3 Å². The molecule has 2 aromatic rings. The summed E-state index contributed by atoms with van der Waals surface area (Å²) in [5, 5.41) is 4.90. The number of hydrogen-bond donors (Lipinski definition) is 1. The third kappa shape index (κ3) is 2.24. The molecule has 3 rings (SSSR count). The first kappa shape index (κ1) is 12.7. The van der Waals surface area contributed by atoms with Gasteiger partial charge in [-0.1, -0.05) is 0 Å². The fraction of sp³-hybridized carbons (Fsp3) is 0.273. The monoisotopic (exact) mass is 360 g/mol. The van der Waals surface area contributed by atoms with E-state index in [1.165, 1.54) is 11.3 Å². The number of thiazole rings is 1. The Morgan fingerprint density at radius 3 is 2.94 bits per heavy atom. The molecular formula is C11H9BrN2OS3. The first-order chi connectivity index (χ1) is 8.65. The molecule has 3 nitrogen and oxygen atoms in total. The normalized spacial score (nSPS) is 19.8. The van der Waals surface area contributed by atoms with E-state index in [4.69, 9.17) is 0 Å². The maximum absolute atomic E-state index is 11.8. The Morgan fingerprint density at radius 1 is 1.50 bits per heavy atom. The Balaban J connectivity index is 1.91. The predicted molar refractivity (Wildman–Crippen MR) is 82.9 cm³/mol. The Morgan fingerprint density at radius 2 is 2.33 bits per heavy atom. The molecule has 0 spiro atoms. The number of nitrogens with zero attached hydrogens (tertiary/aromatic N) is 2. The zero-order chi connectivity index (χ0) is 12.7. The standard InChI is InChI=1S/C11H9BrN2OS3/c12-7-1-2-17-10(7)8-5-18-11(13-8)14-4-6(16)3-9(14)15/h1-2,5-6,16H,3-4H2. The summed E-state index contributed by atoms with van der Waals surface area (Å²) in [5.41, 5.74) is 0.923. The van der Waals surface area contributed by atoms with Gasteiger partial charge >= 0.3 is 0 Å². The number of thiol groups is 1. The largest absolute Gasteiger partial charge is 0.287 e. The van der Waals surface area contributed by atoms with Gasteiger partial charge in [-0.25, -0.2) is 4.98 Å². The van der Waals surface area contributed by atoms with E-state index in [0.29, 0.717) is 13.0 Å². The molecule has 1 aliphatic heterocycles. The van der Waals surface area contributed by atoms with E-state index in [1.807, 2.05) is 16.8 Å². The molecule has 7 heteroatoms. The number of hydrogen-bond acceptors (Lipinski definition) is 5. The van der Waals surface area contributed by atoms with Crippen LogP contribution in [-0.4, -0.2) is 22.7 Å². The van der Waals surface area contributed by atoms with Gasteiger partial charge in [0.2, 0.25) is 5.91 Å². The van der Waals surface area contributed by atoms with Crippen molar-refractivity contribution in [3.05, 3.63) is 21.3 Å². The number of carbonyl (C=O) groups excluding carboxylic acids is 1. The van der Waals surface area contributed by atoms with Gasteiger partial charge in [-0.2, -0.15) is 12.6 Å². The van der Waals surface area contributed by atoms with Gasteiger partial charge in [-0.15, -0.1) is 22.7 Å². The minimum Gasteiger partial charge on any atom is -0.287 e. The average Bonchev–Trinajstić information content (AvgIpc) is 2.98. The number of aromatic nitrogens is 1. The lowest BCUT2D eigenvalue weighted by atomic mass is 10.4. The van der Waals surface area contributed by atoms with E-state index in [1.54, 1.807) is 16.2 Å². The van der Waals surface area contributed by atoms with E-state index in [0.717, 1.165) is 20.2 Å². The van der Waals surface area contributed by atoms with Crippen molar-refractivity contribution < 1.29 is 4.79 Å². The van der Waals surface area contributed by atoms with Crippen LogP contribution >= 0.6 is 51.2 Å². The lowest BCUT2D eigenvalue weighted by molar-refractivity contribution is -0.117. The van der Waals surface area contributed by atoms with Crippen molar-refractivity contribution in [2.75, 3.05) is 11.4 Å². The summed E-state index contributed by atoms with van der Waals surface area (Å²) in [7, 11) is 0. The molecule has 1 aliphatic rings. The van der Waals surface area contributed by atoms with Crippen molar-refractivity contribution in [1.82, 2.24) is 4.98 Å². The Labute approximate surface area is 126 Å². The molecule has 0 N–H and O–H groups in total. The highest BCUT2D eigenvalue weighted by Crippen LogP contribution is 2.37. The molecule has 1 unspecified atom stereocenters. The zero-order valence-corrected chi connectivity index (χ0v) is 13.3. The van der Waals surface area contributed by atoms with Gasteiger partial charge in [0.15, 0.2) is 5.13 Å². The molecule has 1 saturated heterocycles. The van der Waals surface area contributed by atoms with Gasteiger partial charge < -0.3 is 0 Å².